The molecule has 0 spiro atoms. The van der Waals surface area contributed by atoms with E-state index in [1.807, 2.05) is 0 Å². The summed E-state index contributed by atoms with van der Waals surface area (Å²) in [6.07, 6.45) is 3.05. The average Bonchev–Trinajstić information content (AvgIpc) is 3.61. The molecule has 0 aliphatic rings. The highest BCUT2D eigenvalue weighted by Gasteiger charge is 2.29. The van der Waals surface area contributed by atoms with Crippen molar-refractivity contribution in [1.82, 2.24) is 13.8 Å². The molecule has 0 aliphatic heterocycles. The standard InChI is InChI=1S/C33H26F3N3O6S2/c1-20-4-11-24(12-5-20)47(42,43)39-15-14-25-29(39)17-27(35)32(33(25)46(3,40)41)45-30-16-22(8-13-26(30)34)31-28(36)19-38(37-31)18-21-6-9-23(44-2)10-7-21/h4-17,19H,18H2,1-3H3. The van der Waals surface area contributed by atoms with Crippen molar-refractivity contribution in [3.8, 4) is 28.5 Å². The number of hydrogen-bond donors (Lipinski definition) is 0. The van der Waals surface area contributed by atoms with Crippen molar-refractivity contribution in [3.63, 3.8) is 0 Å². The quantitative estimate of drug-likeness (QED) is 0.167. The molecule has 0 atom stereocenters. The van der Waals surface area contributed by atoms with Gasteiger partial charge in [0.15, 0.2) is 38.8 Å². The van der Waals surface area contributed by atoms with Crippen molar-refractivity contribution in [2.24, 2.45) is 0 Å². The molecule has 2 heterocycles. The third-order valence-corrected chi connectivity index (χ3v) is 10.3. The monoisotopic (exact) mass is 681 g/mol. The van der Waals surface area contributed by atoms with Crippen molar-refractivity contribution in [2.75, 3.05) is 13.4 Å². The van der Waals surface area contributed by atoms with Gasteiger partial charge in [-0.25, -0.2) is 34.0 Å². The molecule has 2 aromatic heterocycles. The molecule has 4 aromatic carbocycles. The molecular formula is C33H26F3N3O6S2. The summed E-state index contributed by atoms with van der Waals surface area (Å²) in [5.74, 6) is -3.80. The molecule has 242 valence electrons. The highest BCUT2D eigenvalue weighted by molar-refractivity contribution is 7.91. The number of benzene rings is 4. The summed E-state index contributed by atoms with van der Waals surface area (Å²) in [6, 6.07) is 18.3. The first-order valence-corrected chi connectivity index (χ1v) is 17.3. The predicted molar refractivity (Wildman–Crippen MR) is 169 cm³/mol. The lowest BCUT2D eigenvalue weighted by atomic mass is 10.1. The molecular weight excluding hydrogens is 656 g/mol. The SMILES string of the molecule is COc1ccc(Cn2cc(F)c(-c3ccc(F)c(Oc4c(F)cc5c(ccn5S(=O)(=O)c5ccc(C)cc5)c4S(C)(=O)=O)c3)n2)cc1. The lowest BCUT2D eigenvalue weighted by molar-refractivity contribution is 0.405. The Morgan fingerprint density at radius 3 is 2.19 bits per heavy atom. The van der Waals surface area contributed by atoms with Gasteiger partial charge in [-0.1, -0.05) is 29.8 Å². The summed E-state index contributed by atoms with van der Waals surface area (Å²) in [4.78, 5) is -0.787. The summed E-state index contributed by atoms with van der Waals surface area (Å²) in [5, 5.41) is 4.10. The Labute approximate surface area is 268 Å². The van der Waals surface area contributed by atoms with Gasteiger partial charge < -0.3 is 9.47 Å². The summed E-state index contributed by atoms with van der Waals surface area (Å²) >= 11 is 0. The summed E-state index contributed by atoms with van der Waals surface area (Å²) in [5.41, 5.74) is 1.28. The van der Waals surface area contributed by atoms with Crippen LogP contribution in [0.1, 0.15) is 11.1 Å². The van der Waals surface area contributed by atoms with Gasteiger partial charge in [0.2, 0.25) is 0 Å². The van der Waals surface area contributed by atoms with Crippen LogP contribution < -0.4 is 9.47 Å². The molecule has 0 radical (unpaired) electrons. The number of nitrogens with zero attached hydrogens (tertiary/aromatic N) is 3. The van der Waals surface area contributed by atoms with Crippen LogP contribution in [0.3, 0.4) is 0 Å². The molecule has 9 nitrogen and oxygen atoms in total. The smallest absolute Gasteiger partial charge is 0.268 e. The van der Waals surface area contributed by atoms with Gasteiger partial charge in [0.25, 0.3) is 10.0 Å². The normalized spacial score (nSPS) is 12.0. The lowest BCUT2D eigenvalue weighted by Crippen LogP contribution is -2.12. The molecule has 0 bridgehead atoms. The minimum Gasteiger partial charge on any atom is -0.497 e. The third kappa shape index (κ3) is 6.09. The highest BCUT2D eigenvalue weighted by Crippen LogP contribution is 2.40. The number of aryl methyl sites for hydroxylation is 1. The molecule has 0 unspecified atom stereocenters. The average molecular weight is 682 g/mol. The Kier molecular flexibility index (Phi) is 8.10. The Morgan fingerprint density at radius 1 is 0.830 bits per heavy atom. The van der Waals surface area contributed by atoms with Gasteiger partial charge >= 0.3 is 0 Å². The van der Waals surface area contributed by atoms with Crippen LogP contribution in [-0.2, 0) is 26.4 Å². The van der Waals surface area contributed by atoms with Gasteiger partial charge in [-0.3, -0.25) is 4.68 Å². The molecule has 47 heavy (non-hydrogen) atoms. The Hall–Kier alpha value is -5.08. The van der Waals surface area contributed by atoms with E-state index in [0.717, 1.165) is 51.9 Å². The first-order valence-electron chi connectivity index (χ1n) is 14.0. The van der Waals surface area contributed by atoms with Crippen molar-refractivity contribution in [2.45, 2.75) is 23.3 Å². The van der Waals surface area contributed by atoms with Crippen LogP contribution >= 0.6 is 0 Å². The number of halogens is 3. The van der Waals surface area contributed by atoms with Gasteiger partial charge in [0.05, 0.1) is 30.3 Å². The van der Waals surface area contributed by atoms with Gasteiger partial charge in [0, 0.05) is 29.5 Å². The van der Waals surface area contributed by atoms with E-state index in [1.54, 1.807) is 43.3 Å². The number of fused-ring (bicyclic) bond motifs is 1. The van der Waals surface area contributed by atoms with E-state index >= 15 is 13.2 Å². The Morgan fingerprint density at radius 2 is 1.53 bits per heavy atom. The molecule has 0 aliphatic carbocycles. The topological polar surface area (TPSA) is 109 Å². The van der Waals surface area contributed by atoms with E-state index in [4.69, 9.17) is 9.47 Å². The summed E-state index contributed by atoms with van der Waals surface area (Å²) < 4.78 is 112. The Balaban J connectivity index is 1.39. The van der Waals surface area contributed by atoms with E-state index in [1.165, 1.54) is 36.1 Å². The van der Waals surface area contributed by atoms with Crippen LogP contribution in [0.15, 0.2) is 101 Å². The molecule has 0 amide bonds. The molecule has 0 saturated carbocycles. The fraction of sp³-hybridized carbons (Fsp3) is 0.121. The first-order chi connectivity index (χ1) is 22.3. The van der Waals surface area contributed by atoms with E-state index in [-0.39, 0.29) is 33.6 Å². The van der Waals surface area contributed by atoms with E-state index in [2.05, 4.69) is 5.10 Å². The van der Waals surface area contributed by atoms with Crippen LogP contribution in [0, 0.1) is 24.4 Å². The van der Waals surface area contributed by atoms with Crippen LogP contribution in [0.4, 0.5) is 13.2 Å². The number of rotatable bonds is 9. The zero-order chi connectivity index (χ0) is 33.7. The van der Waals surface area contributed by atoms with Crippen molar-refractivity contribution in [1.29, 1.82) is 0 Å². The second-order valence-electron chi connectivity index (χ2n) is 10.8. The summed E-state index contributed by atoms with van der Waals surface area (Å²) in [7, 11) is -7.01. The van der Waals surface area contributed by atoms with Gasteiger partial charge in [-0.05, 0) is 61.0 Å². The van der Waals surface area contributed by atoms with E-state index in [0.29, 0.717) is 5.75 Å². The molecule has 6 aromatic rings. The molecule has 14 heteroatoms. The van der Waals surface area contributed by atoms with Gasteiger partial charge in [-0.15, -0.1) is 0 Å². The fourth-order valence-corrected chi connectivity index (χ4v) is 7.49. The van der Waals surface area contributed by atoms with Crippen molar-refractivity contribution in [3.05, 3.63) is 120 Å². The number of sulfone groups is 1. The maximum absolute atomic E-state index is 15.8. The van der Waals surface area contributed by atoms with Crippen LogP contribution in [0.25, 0.3) is 22.2 Å². The second-order valence-corrected chi connectivity index (χ2v) is 14.5. The maximum atomic E-state index is 15.8. The van der Waals surface area contributed by atoms with Crippen molar-refractivity contribution >= 4 is 30.8 Å². The largest absolute Gasteiger partial charge is 0.497 e. The fourth-order valence-electron chi connectivity index (χ4n) is 5.10. The maximum Gasteiger partial charge on any atom is 0.268 e. The minimum absolute atomic E-state index is 0.0742. The highest BCUT2D eigenvalue weighted by atomic mass is 32.2. The van der Waals surface area contributed by atoms with Crippen LogP contribution in [0.2, 0.25) is 0 Å². The van der Waals surface area contributed by atoms with Crippen LogP contribution in [0.5, 0.6) is 17.2 Å². The van der Waals surface area contributed by atoms with Crippen LogP contribution in [-0.4, -0.2) is 44.0 Å². The zero-order valence-electron chi connectivity index (χ0n) is 25.1. The summed E-state index contributed by atoms with van der Waals surface area (Å²) in [6.45, 7) is 2.00. The van der Waals surface area contributed by atoms with Gasteiger partial charge in [0.1, 0.15) is 16.3 Å². The van der Waals surface area contributed by atoms with Crippen molar-refractivity contribution < 1.29 is 39.5 Å². The third-order valence-electron chi connectivity index (χ3n) is 7.41. The number of methoxy groups -OCH3 is 1. The first kappa shape index (κ1) is 31.9. The number of hydrogen-bond acceptors (Lipinski definition) is 7. The van der Waals surface area contributed by atoms with E-state index in [9.17, 15) is 16.8 Å². The van der Waals surface area contributed by atoms with Gasteiger partial charge in [-0.2, -0.15) is 5.10 Å². The number of ether oxygens (including phenoxy) is 2. The lowest BCUT2D eigenvalue weighted by Gasteiger charge is -2.15. The predicted octanol–water partition coefficient (Wildman–Crippen LogP) is 6.72. The second kappa shape index (κ2) is 11.9. The minimum atomic E-state index is -4.30. The molecule has 0 saturated heterocycles. The molecule has 6 rings (SSSR count). The number of aromatic nitrogens is 3. The zero-order valence-corrected chi connectivity index (χ0v) is 26.7. The molecule has 0 N–H and O–H groups in total. The Bertz CT molecular complexity index is 2370. The molecule has 0 fully saturated rings. The van der Waals surface area contributed by atoms with E-state index < -0.39 is 53.7 Å².